The van der Waals surface area contributed by atoms with E-state index < -0.39 is 0 Å². The van der Waals surface area contributed by atoms with Gasteiger partial charge in [0.1, 0.15) is 5.82 Å². The highest BCUT2D eigenvalue weighted by molar-refractivity contribution is 5.66. The third-order valence-electron chi connectivity index (χ3n) is 3.46. The SMILES string of the molecule is CCCNCc1ccccc1N(CC)c1cccc(F)c1. The molecule has 0 radical (unpaired) electrons. The summed E-state index contributed by atoms with van der Waals surface area (Å²) in [5.41, 5.74) is 3.26. The van der Waals surface area contributed by atoms with Crippen molar-refractivity contribution in [2.45, 2.75) is 26.8 Å². The van der Waals surface area contributed by atoms with Crippen LogP contribution >= 0.6 is 0 Å². The molecule has 0 saturated heterocycles. The second kappa shape index (κ2) is 7.79. The van der Waals surface area contributed by atoms with Crippen molar-refractivity contribution in [2.24, 2.45) is 0 Å². The van der Waals surface area contributed by atoms with Gasteiger partial charge in [-0.2, -0.15) is 0 Å². The van der Waals surface area contributed by atoms with E-state index in [9.17, 15) is 4.39 Å². The molecule has 0 heterocycles. The highest BCUT2D eigenvalue weighted by atomic mass is 19.1. The van der Waals surface area contributed by atoms with Gasteiger partial charge < -0.3 is 10.2 Å². The van der Waals surface area contributed by atoms with Crippen molar-refractivity contribution >= 4 is 11.4 Å². The van der Waals surface area contributed by atoms with Crippen LogP contribution in [-0.2, 0) is 6.54 Å². The highest BCUT2D eigenvalue weighted by Crippen LogP contribution is 2.28. The number of rotatable bonds is 7. The lowest BCUT2D eigenvalue weighted by atomic mass is 10.1. The second-order valence-corrected chi connectivity index (χ2v) is 5.03. The van der Waals surface area contributed by atoms with E-state index in [1.165, 1.54) is 11.6 Å². The number of benzene rings is 2. The van der Waals surface area contributed by atoms with Gasteiger partial charge in [0.2, 0.25) is 0 Å². The van der Waals surface area contributed by atoms with E-state index in [1.807, 2.05) is 18.2 Å². The Labute approximate surface area is 126 Å². The summed E-state index contributed by atoms with van der Waals surface area (Å²) in [5.74, 6) is -0.201. The molecule has 21 heavy (non-hydrogen) atoms. The normalized spacial score (nSPS) is 10.6. The maximum Gasteiger partial charge on any atom is 0.125 e. The largest absolute Gasteiger partial charge is 0.341 e. The molecule has 0 aromatic heterocycles. The van der Waals surface area contributed by atoms with Crippen LogP contribution in [0.3, 0.4) is 0 Å². The van der Waals surface area contributed by atoms with Gasteiger partial charge >= 0.3 is 0 Å². The molecular weight excluding hydrogens is 263 g/mol. The highest BCUT2D eigenvalue weighted by Gasteiger charge is 2.11. The van der Waals surface area contributed by atoms with Gasteiger partial charge in [0, 0.05) is 24.5 Å². The lowest BCUT2D eigenvalue weighted by Crippen LogP contribution is -2.21. The lowest BCUT2D eigenvalue weighted by molar-refractivity contribution is 0.627. The zero-order valence-electron chi connectivity index (χ0n) is 12.8. The topological polar surface area (TPSA) is 15.3 Å². The summed E-state index contributed by atoms with van der Waals surface area (Å²) >= 11 is 0. The van der Waals surface area contributed by atoms with Crippen molar-refractivity contribution in [1.82, 2.24) is 5.32 Å². The molecule has 0 saturated carbocycles. The van der Waals surface area contributed by atoms with Crippen molar-refractivity contribution in [3.05, 3.63) is 59.9 Å². The van der Waals surface area contributed by atoms with Crippen LogP contribution in [0.25, 0.3) is 0 Å². The maximum atomic E-state index is 13.5. The molecule has 0 unspecified atom stereocenters. The predicted octanol–water partition coefficient (Wildman–Crippen LogP) is 4.48. The summed E-state index contributed by atoms with van der Waals surface area (Å²) in [6.45, 7) is 6.87. The Bertz CT molecular complexity index is 569. The van der Waals surface area contributed by atoms with Gasteiger partial charge in [0.25, 0.3) is 0 Å². The number of nitrogens with zero attached hydrogens (tertiary/aromatic N) is 1. The number of para-hydroxylation sites is 1. The van der Waals surface area contributed by atoms with Crippen molar-refractivity contribution in [3.8, 4) is 0 Å². The van der Waals surface area contributed by atoms with E-state index in [0.717, 1.165) is 37.4 Å². The Kier molecular flexibility index (Phi) is 5.76. The molecule has 0 bridgehead atoms. The smallest absolute Gasteiger partial charge is 0.125 e. The molecular formula is C18H23FN2. The van der Waals surface area contributed by atoms with E-state index >= 15 is 0 Å². The molecule has 0 amide bonds. The minimum atomic E-state index is -0.201. The van der Waals surface area contributed by atoms with Crippen molar-refractivity contribution in [1.29, 1.82) is 0 Å². The first kappa shape index (κ1) is 15.5. The monoisotopic (exact) mass is 286 g/mol. The van der Waals surface area contributed by atoms with Crippen molar-refractivity contribution in [3.63, 3.8) is 0 Å². The van der Waals surface area contributed by atoms with Crippen LogP contribution in [-0.4, -0.2) is 13.1 Å². The molecule has 0 aliphatic carbocycles. The first-order valence-corrected chi connectivity index (χ1v) is 7.58. The van der Waals surface area contributed by atoms with Crippen molar-refractivity contribution < 1.29 is 4.39 Å². The molecule has 2 nitrogen and oxygen atoms in total. The fourth-order valence-electron chi connectivity index (χ4n) is 2.46. The zero-order valence-corrected chi connectivity index (χ0v) is 12.8. The Morgan fingerprint density at radius 2 is 1.86 bits per heavy atom. The van der Waals surface area contributed by atoms with Gasteiger partial charge in [-0.25, -0.2) is 4.39 Å². The Hall–Kier alpha value is -1.87. The Morgan fingerprint density at radius 1 is 1.05 bits per heavy atom. The minimum Gasteiger partial charge on any atom is -0.341 e. The average molecular weight is 286 g/mol. The van der Waals surface area contributed by atoms with Gasteiger partial charge in [0.15, 0.2) is 0 Å². The van der Waals surface area contributed by atoms with Crippen LogP contribution in [0.15, 0.2) is 48.5 Å². The average Bonchev–Trinajstić information content (AvgIpc) is 2.50. The van der Waals surface area contributed by atoms with Gasteiger partial charge in [-0.05, 0) is 49.7 Å². The van der Waals surface area contributed by atoms with E-state index in [1.54, 1.807) is 12.1 Å². The second-order valence-electron chi connectivity index (χ2n) is 5.03. The third kappa shape index (κ3) is 4.05. The predicted molar refractivity (Wildman–Crippen MR) is 87.5 cm³/mol. The van der Waals surface area contributed by atoms with Gasteiger partial charge in [-0.15, -0.1) is 0 Å². The molecule has 1 N–H and O–H groups in total. The standard InChI is InChI=1S/C18H23FN2/c1-3-12-20-14-15-8-5-6-11-18(15)21(4-2)17-10-7-9-16(19)13-17/h5-11,13,20H,3-4,12,14H2,1-2H3. The van der Waals surface area contributed by atoms with Crippen LogP contribution < -0.4 is 10.2 Å². The summed E-state index contributed by atoms with van der Waals surface area (Å²) in [4.78, 5) is 2.14. The molecule has 2 aromatic rings. The summed E-state index contributed by atoms with van der Waals surface area (Å²) < 4.78 is 13.5. The van der Waals surface area contributed by atoms with E-state index in [2.05, 4.69) is 36.2 Å². The van der Waals surface area contributed by atoms with E-state index in [-0.39, 0.29) is 5.82 Å². The van der Waals surface area contributed by atoms with E-state index in [0.29, 0.717) is 0 Å². The summed E-state index contributed by atoms with van der Waals surface area (Å²) in [5, 5.41) is 3.43. The van der Waals surface area contributed by atoms with Crippen LogP contribution in [0.2, 0.25) is 0 Å². The number of hydrogen-bond acceptors (Lipinski definition) is 2. The lowest BCUT2D eigenvalue weighted by Gasteiger charge is -2.26. The molecule has 0 spiro atoms. The number of halogens is 1. The third-order valence-corrected chi connectivity index (χ3v) is 3.46. The van der Waals surface area contributed by atoms with Gasteiger partial charge in [-0.1, -0.05) is 31.2 Å². The number of anilines is 2. The maximum absolute atomic E-state index is 13.5. The van der Waals surface area contributed by atoms with Gasteiger partial charge in [0.05, 0.1) is 0 Å². The summed E-state index contributed by atoms with van der Waals surface area (Å²) in [6.07, 6.45) is 1.11. The first-order valence-electron chi connectivity index (χ1n) is 7.58. The number of hydrogen-bond donors (Lipinski definition) is 1. The van der Waals surface area contributed by atoms with E-state index in [4.69, 9.17) is 0 Å². The quantitative estimate of drug-likeness (QED) is 0.755. The number of nitrogens with one attached hydrogen (secondary N) is 1. The van der Waals surface area contributed by atoms with Crippen LogP contribution in [0, 0.1) is 5.82 Å². The van der Waals surface area contributed by atoms with Gasteiger partial charge in [-0.3, -0.25) is 0 Å². The molecule has 3 heteroatoms. The molecule has 112 valence electrons. The summed E-state index contributed by atoms with van der Waals surface area (Å²) in [7, 11) is 0. The zero-order chi connectivity index (χ0) is 15.1. The molecule has 0 aliphatic heterocycles. The van der Waals surface area contributed by atoms with Crippen LogP contribution in [0.1, 0.15) is 25.8 Å². The molecule has 0 atom stereocenters. The summed E-state index contributed by atoms with van der Waals surface area (Å²) in [6, 6.07) is 15.1. The molecule has 0 aliphatic rings. The Balaban J connectivity index is 2.29. The molecule has 2 rings (SSSR count). The van der Waals surface area contributed by atoms with Crippen LogP contribution in [0.5, 0.6) is 0 Å². The Morgan fingerprint density at radius 3 is 2.57 bits per heavy atom. The minimum absolute atomic E-state index is 0.201. The van der Waals surface area contributed by atoms with Crippen LogP contribution in [0.4, 0.5) is 15.8 Å². The fourth-order valence-corrected chi connectivity index (χ4v) is 2.46. The fraction of sp³-hybridized carbons (Fsp3) is 0.333. The molecule has 2 aromatic carbocycles. The first-order chi connectivity index (χ1) is 10.3. The molecule has 0 fully saturated rings. The van der Waals surface area contributed by atoms with Crippen molar-refractivity contribution in [2.75, 3.05) is 18.0 Å².